The van der Waals surface area contributed by atoms with Gasteiger partial charge in [0.05, 0.1) is 5.56 Å². The number of fused-ring (bicyclic) bond motifs is 1. The van der Waals surface area contributed by atoms with Crippen molar-refractivity contribution >= 4 is 11.4 Å². The molecule has 1 heterocycles. The van der Waals surface area contributed by atoms with Crippen LogP contribution in [0.1, 0.15) is 5.56 Å². The zero-order valence-corrected chi connectivity index (χ0v) is 9.43. The van der Waals surface area contributed by atoms with Crippen LogP contribution in [0.25, 0.3) is 0 Å². The first-order chi connectivity index (χ1) is 7.43. The number of azo groups is 2. The molecule has 0 spiro atoms. The average molecular weight is 231 g/mol. The van der Waals surface area contributed by atoms with Gasteiger partial charge in [-0.3, -0.25) is 0 Å². The van der Waals surface area contributed by atoms with Crippen LogP contribution in [0.5, 0.6) is 0 Å². The number of halogens is 1. The van der Waals surface area contributed by atoms with Crippen LogP contribution in [0.2, 0.25) is 0 Å². The molecule has 0 bridgehead atoms. The van der Waals surface area contributed by atoms with Crippen molar-refractivity contribution in [1.82, 2.24) is 0 Å². The summed E-state index contributed by atoms with van der Waals surface area (Å²) in [6, 6.07) is 18.5. The van der Waals surface area contributed by atoms with Gasteiger partial charge in [-0.2, -0.15) is 0 Å². The quantitative estimate of drug-likeness (QED) is 0.639. The maximum Gasteiger partial charge on any atom is 0.232 e. The van der Waals surface area contributed by atoms with Crippen molar-refractivity contribution in [3.05, 3.63) is 60.2 Å². The van der Waals surface area contributed by atoms with Gasteiger partial charge in [0.2, 0.25) is 12.2 Å². The fraction of sp³-hybridized carbons (Fsp3) is 0.0769. The number of hydrogen-bond acceptors (Lipinski definition) is 1. The summed E-state index contributed by atoms with van der Waals surface area (Å²) in [7, 11) is 0. The predicted molar refractivity (Wildman–Crippen MR) is 58.6 cm³/mol. The van der Waals surface area contributed by atoms with E-state index in [2.05, 4.69) is 35.4 Å². The summed E-state index contributed by atoms with van der Waals surface area (Å²) in [6.07, 6.45) is 0. The Bertz CT molecular complexity index is 520. The van der Waals surface area contributed by atoms with Crippen molar-refractivity contribution in [1.29, 1.82) is 0 Å². The van der Waals surface area contributed by atoms with E-state index < -0.39 is 0 Å². The molecule has 0 N–H and O–H groups in total. The maximum atomic E-state index is 4.56. The average Bonchev–Trinajstić information content (AvgIpc) is 2.74. The Balaban J connectivity index is 0.000000963. The lowest BCUT2D eigenvalue weighted by Crippen LogP contribution is -3.00. The van der Waals surface area contributed by atoms with Gasteiger partial charge in [0.1, 0.15) is 5.69 Å². The van der Waals surface area contributed by atoms with Gasteiger partial charge in [-0.15, -0.1) is 0 Å². The fourth-order valence-electron chi connectivity index (χ4n) is 1.82. The van der Waals surface area contributed by atoms with Gasteiger partial charge >= 0.3 is 0 Å². The third kappa shape index (κ3) is 1.84. The van der Waals surface area contributed by atoms with Crippen LogP contribution in [0.4, 0.5) is 11.4 Å². The molecule has 0 saturated carbocycles. The van der Waals surface area contributed by atoms with E-state index in [4.69, 9.17) is 0 Å². The van der Waals surface area contributed by atoms with E-state index >= 15 is 0 Å². The molecule has 0 fully saturated rings. The third-order valence-corrected chi connectivity index (χ3v) is 2.59. The highest BCUT2D eigenvalue weighted by Gasteiger charge is 2.22. The third-order valence-electron chi connectivity index (χ3n) is 2.59. The number of rotatable bonds is 1. The topological polar surface area (TPSA) is 15.4 Å². The standard InChI is InChI=1S/C13H11N2.ClH/c1-2-7-12(8-3-1)15-10-11-6-4-5-9-13(11)14-15;/h1-9H,10H2;1H/q+1;/p-1. The summed E-state index contributed by atoms with van der Waals surface area (Å²) in [6.45, 7) is 0.875. The largest absolute Gasteiger partial charge is 1.00 e. The minimum absolute atomic E-state index is 0. The van der Waals surface area contributed by atoms with E-state index in [-0.39, 0.29) is 12.4 Å². The molecule has 0 radical (unpaired) electrons. The first-order valence-corrected chi connectivity index (χ1v) is 5.06. The zero-order chi connectivity index (χ0) is 10.1. The van der Waals surface area contributed by atoms with Crippen molar-refractivity contribution in [2.75, 3.05) is 0 Å². The lowest BCUT2D eigenvalue weighted by molar-refractivity contribution is -0.517. The Morgan fingerprint density at radius 1 is 0.875 bits per heavy atom. The Hall–Kier alpha value is -1.67. The summed E-state index contributed by atoms with van der Waals surface area (Å²) in [5, 5.41) is 4.56. The van der Waals surface area contributed by atoms with Crippen LogP contribution in [0.3, 0.4) is 0 Å². The van der Waals surface area contributed by atoms with Crippen molar-refractivity contribution in [2.24, 2.45) is 5.11 Å². The highest BCUT2D eigenvalue weighted by molar-refractivity contribution is 5.46. The Morgan fingerprint density at radius 3 is 2.31 bits per heavy atom. The summed E-state index contributed by atoms with van der Waals surface area (Å²) >= 11 is 0. The summed E-state index contributed by atoms with van der Waals surface area (Å²) in [5.74, 6) is 0. The number of benzene rings is 2. The Labute approximate surface area is 101 Å². The number of hydrogen-bond donors (Lipinski definition) is 0. The molecule has 0 saturated heterocycles. The maximum absolute atomic E-state index is 4.56. The van der Waals surface area contributed by atoms with E-state index in [9.17, 15) is 0 Å². The van der Waals surface area contributed by atoms with Crippen LogP contribution in [-0.4, -0.2) is 4.70 Å². The van der Waals surface area contributed by atoms with Gasteiger partial charge < -0.3 is 12.4 Å². The predicted octanol–water partition coefficient (Wildman–Crippen LogP) is 0.632. The second-order valence-corrected chi connectivity index (χ2v) is 3.62. The molecule has 16 heavy (non-hydrogen) atoms. The Morgan fingerprint density at radius 2 is 1.56 bits per heavy atom. The molecule has 3 heteroatoms. The summed E-state index contributed by atoms with van der Waals surface area (Å²) in [5.41, 5.74) is 3.52. The molecule has 0 amide bonds. The smallest absolute Gasteiger partial charge is 0.232 e. The van der Waals surface area contributed by atoms with Crippen LogP contribution < -0.4 is 12.4 Å². The van der Waals surface area contributed by atoms with Gasteiger partial charge in [-0.05, 0) is 6.07 Å². The molecule has 2 aromatic rings. The molecule has 1 aliphatic rings. The molecule has 3 rings (SSSR count). The van der Waals surface area contributed by atoms with Crippen LogP contribution in [0.15, 0.2) is 59.7 Å². The second-order valence-electron chi connectivity index (χ2n) is 3.62. The zero-order valence-electron chi connectivity index (χ0n) is 8.68. The van der Waals surface area contributed by atoms with Crippen molar-refractivity contribution in [3.63, 3.8) is 0 Å². The Kier molecular flexibility index (Phi) is 3.02. The van der Waals surface area contributed by atoms with Gasteiger partial charge in [-0.1, -0.05) is 41.1 Å². The van der Waals surface area contributed by atoms with Gasteiger partial charge in [0.25, 0.3) is 0 Å². The highest BCUT2D eigenvalue weighted by Crippen LogP contribution is 2.29. The minimum atomic E-state index is 0. The van der Waals surface area contributed by atoms with E-state index in [1.165, 1.54) is 5.56 Å². The van der Waals surface area contributed by atoms with Gasteiger partial charge in [0.15, 0.2) is 0 Å². The van der Waals surface area contributed by atoms with E-state index in [0.29, 0.717) is 0 Å². The number of para-hydroxylation sites is 1. The van der Waals surface area contributed by atoms with Crippen LogP contribution >= 0.6 is 0 Å². The monoisotopic (exact) mass is 230 g/mol. The summed E-state index contributed by atoms with van der Waals surface area (Å²) in [4.78, 5) is 0. The second kappa shape index (κ2) is 4.45. The van der Waals surface area contributed by atoms with Crippen molar-refractivity contribution in [2.45, 2.75) is 6.54 Å². The molecular weight excluding hydrogens is 220 g/mol. The molecule has 80 valence electrons. The first-order valence-electron chi connectivity index (χ1n) is 5.06. The first kappa shape index (κ1) is 10.8. The molecule has 2 aromatic carbocycles. The van der Waals surface area contributed by atoms with Gasteiger partial charge in [-0.25, -0.2) is 0 Å². The molecule has 0 aromatic heterocycles. The van der Waals surface area contributed by atoms with E-state index in [1.54, 1.807) is 0 Å². The molecule has 0 atom stereocenters. The van der Waals surface area contributed by atoms with Crippen molar-refractivity contribution < 1.29 is 17.1 Å². The normalized spacial score (nSPS) is 12.6. The van der Waals surface area contributed by atoms with E-state index in [1.807, 2.05) is 29.0 Å². The lowest BCUT2D eigenvalue weighted by atomic mass is 10.2. The van der Waals surface area contributed by atoms with Gasteiger partial charge in [0, 0.05) is 17.2 Å². The fourth-order valence-corrected chi connectivity index (χ4v) is 1.82. The van der Waals surface area contributed by atoms with Crippen LogP contribution in [-0.2, 0) is 6.54 Å². The molecule has 0 aliphatic carbocycles. The minimum Gasteiger partial charge on any atom is -1.00 e. The number of nitrogens with zero attached hydrogens (tertiary/aromatic N) is 2. The molecule has 2 nitrogen and oxygen atoms in total. The molecule has 0 unspecified atom stereocenters. The lowest BCUT2D eigenvalue weighted by Gasteiger charge is -1.91. The molecular formula is C13H11ClN2. The van der Waals surface area contributed by atoms with E-state index in [0.717, 1.165) is 17.9 Å². The molecule has 1 aliphatic heterocycles. The highest BCUT2D eigenvalue weighted by atomic mass is 35.5. The summed E-state index contributed by atoms with van der Waals surface area (Å²) < 4.78 is 2.03. The van der Waals surface area contributed by atoms with Crippen molar-refractivity contribution in [3.8, 4) is 0 Å². The SMILES string of the molecule is [Cl-].c1ccc([N+]2=Nc3ccccc3C2)cc1. The van der Waals surface area contributed by atoms with Crippen LogP contribution in [0, 0.1) is 0 Å².